The highest BCUT2D eigenvalue weighted by Crippen LogP contribution is 2.26. The lowest BCUT2D eigenvalue weighted by atomic mass is 10.1. The van der Waals surface area contributed by atoms with E-state index in [9.17, 15) is 17.6 Å². The molecule has 16 heavy (non-hydrogen) atoms. The molecule has 0 saturated heterocycles. The molecular formula is C11H7F4N. The first-order valence-corrected chi connectivity index (χ1v) is 4.50. The van der Waals surface area contributed by atoms with E-state index < -0.39 is 34.5 Å². The smallest absolute Gasteiger partial charge is 0.197 e. The summed E-state index contributed by atoms with van der Waals surface area (Å²) in [5, 5.41) is 0. The third-order valence-corrected chi connectivity index (χ3v) is 2.32. The number of halogens is 4. The molecule has 84 valence electrons. The van der Waals surface area contributed by atoms with Crippen molar-refractivity contribution in [2.24, 2.45) is 0 Å². The zero-order chi connectivity index (χ0) is 11.9. The Labute approximate surface area is 88.9 Å². The van der Waals surface area contributed by atoms with Crippen LogP contribution in [-0.2, 0) is 0 Å². The molecule has 0 spiro atoms. The molecule has 0 fully saturated rings. The SMILES string of the molecule is Cc1c(F)c(F)c(F)c(-n2cccc2)c1F. The van der Waals surface area contributed by atoms with Gasteiger partial charge in [-0.1, -0.05) is 0 Å². The first-order valence-electron chi connectivity index (χ1n) is 4.50. The minimum Gasteiger partial charge on any atom is -0.319 e. The summed E-state index contributed by atoms with van der Waals surface area (Å²) in [4.78, 5) is 0. The van der Waals surface area contributed by atoms with Gasteiger partial charge in [0, 0.05) is 18.0 Å². The van der Waals surface area contributed by atoms with Crippen LogP contribution in [0.5, 0.6) is 0 Å². The third kappa shape index (κ3) is 1.39. The first kappa shape index (κ1) is 10.7. The maximum Gasteiger partial charge on any atom is 0.197 e. The van der Waals surface area contributed by atoms with Gasteiger partial charge in [-0.2, -0.15) is 0 Å². The van der Waals surface area contributed by atoms with Crippen molar-refractivity contribution in [3.05, 3.63) is 53.4 Å². The zero-order valence-electron chi connectivity index (χ0n) is 8.27. The van der Waals surface area contributed by atoms with E-state index in [-0.39, 0.29) is 0 Å². The van der Waals surface area contributed by atoms with Crippen molar-refractivity contribution in [1.82, 2.24) is 4.57 Å². The molecule has 0 atom stereocenters. The van der Waals surface area contributed by atoms with Crippen LogP contribution < -0.4 is 0 Å². The number of benzene rings is 1. The number of rotatable bonds is 1. The molecule has 0 amide bonds. The summed E-state index contributed by atoms with van der Waals surface area (Å²) >= 11 is 0. The lowest BCUT2D eigenvalue weighted by Crippen LogP contribution is -2.07. The Morgan fingerprint density at radius 2 is 1.38 bits per heavy atom. The standard InChI is InChI=1S/C11H7F4N/c1-6-7(12)9(14)10(15)11(8(6)13)16-4-2-3-5-16/h2-5H,1H3. The topological polar surface area (TPSA) is 4.93 Å². The maximum atomic E-state index is 13.6. The first-order chi connectivity index (χ1) is 7.54. The van der Waals surface area contributed by atoms with Crippen LogP contribution in [0, 0.1) is 30.2 Å². The molecule has 1 aromatic carbocycles. The van der Waals surface area contributed by atoms with Gasteiger partial charge >= 0.3 is 0 Å². The third-order valence-electron chi connectivity index (χ3n) is 2.32. The highest BCUT2D eigenvalue weighted by atomic mass is 19.2. The quantitative estimate of drug-likeness (QED) is 0.401. The summed E-state index contributed by atoms with van der Waals surface area (Å²) in [6.45, 7) is 1.06. The monoisotopic (exact) mass is 229 g/mol. The van der Waals surface area contributed by atoms with Crippen LogP contribution in [0.15, 0.2) is 24.5 Å². The van der Waals surface area contributed by atoms with Crippen molar-refractivity contribution in [2.45, 2.75) is 6.92 Å². The molecule has 0 radical (unpaired) electrons. The highest BCUT2D eigenvalue weighted by Gasteiger charge is 2.23. The van der Waals surface area contributed by atoms with E-state index in [0.717, 1.165) is 11.5 Å². The van der Waals surface area contributed by atoms with Gasteiger partial charge in [0.15, 0.2) is 23.3 Å². The summed E-state index contributed by atoms with van der Waals surface area (Å²) in [6.07, 6.45) is 2.69. The fraction of sp³-hybridized carbons (Fsp3) is 0.0909. The van der Waals surface area contributed by atoms with Crippen molar-refractivity contribution >= 4 is 0 Å². The van der Waals surface area contributed by atoms with Gasteiger partial charge < -0.3 is 4.57 Å². The van der Waals surface area contributed by atoms with E-state index in [2.05, 4.69) is 0 Å². The lowest BCUT2D eigenvalue weighted by molar-refractivity contribution is 0.425. The van der Waals surface area contributed by atoms with Crippen molar-refractivity contribution < 1.29 is 17.6 Å². The van der Waals surface area contributed by atoms with Crippen LogP contribution >= 0.6 is 0 Å². The van der Waals surface area contributed by atoms with Gasteiger partial charge in [-0.3, -0.25) is 0 Å². The molecule has 0 aliphatic rings. The maximum absolute atomic E-state index is 13.6. The van der Waals surface area contributed by atoms with Crippen LogP contribution in [-0.4, -0.2) is 4.57 Å². The average molecular weight is 229 g/mol. The van der Waals surface area contributed by atoms with E-state index in [0.29, 0.717) is 0 Å². The fourth-order valence-corrected chi connectivity index (χ4v) is 1.45. The predicted molar refractivity (Wildman–Crippen MR) is 50.3 cm³/mol. The Kier molecular flexibility index (Phi) is 2.46. The van der Waals surface area contributed by atoms with E-state index in [1.54, 1.807) is 0 Å². The summed E-state index contributed by atoms with van der Waals surface area (Å²) in [5.74, 6) is -5.79. The minimum atomic E-state index is -1.66. The Balaban J connectivity index is 2.81. The number of hydrogen-bond donors (Lipinski definition) is 0. The minimum absolute atomic E-state index is 0.539. The molecular weight excluding hydrogens is 222 g/mol. The average Bonchev–Trinajstić information content (AvgIpc) is 2.77. The van der Waals surface area contributed by atoms with Crippen LogP contribution in [0.2, 0.25) is 0 Å². The molecule has 5 heteroatoms. The predicted octanol–water partition coefficient (Wildman–Crippen LogP) is 3.34. The van der Waals surface area contributed by atoms with Crippen molar-refractivity contribution in [3.63, 3.8) is 0 Å². The molecule has 2 aromatic rings. The molecule has 0 aliphatic carbocycles. The van der Waals surface area contributed by atoms with Crippen molar-refractivity contribution in [3.8, 4) is 5.69 Å². The molecule has 0 N–H and O–H groups in total. The summed E-state index contributed by atoms with van der Waals surface area (Å²) in [5.41, 5.74) is -1.15. The van der Waals surface area contributed by atoms with Crippen LogP contribution in [0.4, 0.5) is 17.6 Å². The van der Waals surface area contributed by atoms with Crippen molar-refractivity contribution in [2.75, 3.05) is 0 Å². The van der Waals surface area contributed by atoms with E-state index in [1.807, 2.05) is 0 Å². The van der Waals surface area contributed by atoms with Gasteiger partial charge in [0.25, 0.3) is 0 Å². The number of nitrogens with zero attached hydrogens (tertiary/aromatic N) is 1. The Morgan fingerprint density at radius 1 is 0.812 bits per heavy atom. The van der Waals surface area contributed by atoms with E-state index in [4.69, 9.17) is 0 Å². The van der Waals surface area contributed by atoms with E-state index >= 15 is 0 Å². The van der Waals surface area contributed by atoms with E-state index in [1.165, 1.54) is 24.5 Å². The summed E-state index contributed by atoms with van der Waals surface area (Å²) in [7, 11) is 0. The molecule has 0 unspecified atom stereocenters. The largest absolute Gasteiger partial charge is 0.319 e. The second-order valence-electron chi connectivity index (χ2n) is 3.32. The fourth-order valence-electron chi connectivity index (χ4n) is 1.45. The summed E-state index contributed by atoms with van der Waals surface area (Å²) in [6, 6.07) is 3.05. The van der Waals surface area contributed by atoms with Crippen molar-refractivity contribution in [1.29, 1.82) is 0 Å². The van der Waals surface area contributed by atoms with Crippen LogP contribution in [0.25, 0.3) is 5.69 Å². The second-order valence-corrected chi connectivity index (χ2v) is 3.32. The van der Waals surface area contributed by atoms with Gasteiger partial charge in [-0.25, -0.2) is 17.6 Å². The van der Waals surface area contributed by atoms with Gasteiger partial charge in [-0.05, 0) is 19.1 Å². The molecule has 1 nitrogen and oxygen atoms in total. The molecule has 0 saturated carbocycles. The van der Waals surface area contributed by atoms with Gasteiger partial charge in [0.2, 0.25) is 0 Å². The highest BCUT2D eigenvalue weighted by molar-refractivity contribution is 5.41. The molecule has 0 bridgehead atoms. The Hall–Kier alpha value is -1.78. The normalized spacial score (nSPS) is 10.8. The zero-order valence-corrected chi connectivity index (χ0v) is 8.27. The second kappa shape index (κ2) is 3.66. The van der Waals surface area contributed by atoms with Crippen LogP contribution in [0.1, 0.15) is 5.56 Å². The number of aromatic nitrogens is 1. The molecule has 0 aliphatic heterocycles. The number of hydrogen-bond acceptors (Lipinski definition) is 0. The van der Waals surface area contributed by atoms with Gasteiger partial charge in [0.1, 0.15) is 5.69 Å². The summed E-state index contributed by atoms with van der Waals surface area (Å²) < 4.78 is 54.1. The van der Waals surface area contributed by atoms with Crippen LogP contribution in [0.3, 0.4) is 0 Å². The lowest BCUT2D eigenvalue weighted by Gasteiger charge is -2.10. The molecule has 1 aromatic heterocycles. The molecule has 1 heterocycles. The Morgan fingerprint density at radius 3 is 1.94 bits per heavy atom. The molecule has 2 rings (SSSR count). The Bertz CT molecular complexity index is 502. The van der Waals surface area contributed by atoms with Gasteiger partial charge in [0.05, 0.1) is 0 Å². The van der Waals surface area contributed by atoms with Gasteiger partial charge in [-0.15, -0.1) is 0 Å².